The van der Waals surface area contributed by atoms with Gasteiger partial charge in [0.05, 0.1) is 0 Å². The van der Waals surface area contributed by atoms with Crippen molar-refractivity contribution in [2.45, 2.75) is 40.3 Å². The quantitative estimate of drug-likeness (QED) is 0.851. The molecular weight excluding hydrogens is 306 g/mol. The van der Waals surface area contributed by atoms with Crippen molar-refractivity contribution in [2.24, 2.45) is 10.8 Å². The summed E-state index contributed by atoms with van der Waals surface area (Å²) in [4.78, 5) is 1.29. The molecule has 0 aromatic carbocycles. The minimum absolute atomic E-state index is 0.394. The van der Waals surface area contributed by atoms with E-state index in [0.717, 1.165) is 15.4 Å². The van der Waals surface area contributed by atoms with Crippen LogP contribution in [-0.4, -0.2) is 6.04 Å². The van der Waals surface area contributed by atoms with Crippen LogP contribution in [0.5, 0.6) is 0 Å². The van der Waals surface area contributed by atoms with Crippen molar-refractivity contribution in [1.29, 1.82) is 0 Å². The minimum Gasteiger partial charge on any atom is -0.308 e. The van der Waals surface area contributed by atoms with E-state index in [9.17, 15) is 0 Å². The Kier molecular flexibility index (Phi) is 3.20. The monoisotopic (exact) mass is 321 g/mol. The number of nitrogens with one attached hydrogen (secondary N) is 1. The lowest BCUT2D eigenvalue weighted by Crippen LogP contribution is -2.21. The van der Waals surface area contributed by atoms with Gasteiger partial charge in [0.1, 0.15) is 4.34 Å². The van der Waals surface area contributed by atoms with Crippen molar-refractivity contribution in [3.8, 4) is 0 Å². The molecule has 0 aliphatic heterocycles. The molecule has 4 heteroatoms. The maximum atomic E-state index is 6.02. The summed E-state index contributed by atoms with van der Waals surface area (Å²) in [5.41, 5.74) is 0.788. The summed E-state index contributed by atoms with van der Waals surface area (Å²) in [5, 5.41) is 3.62. The Hall–Kier alpha value is 0.430. The van der Waals surface area contributed by atoms with Crippen LogP contribution in [0.2, 0.25) is 4.34 Å². The van der Waals surface area contributed by atoms with Gasteiger partial charge in [-0.25, -0.2) is 0 Å². The van der Waals surface area contributed by atoms with Gasteiger partial charge in [-0.05, 0) is 32.8 Å². The molecule has 1 nitrogen and oxygen atoms in total. The number of rotatable bonds is 3. The molecule has 1 aliphatic carbocycles. The molecule has 0 radical (unpaired) electrons. The first-order chi connectivity index (χ1) is 7.26. The highest BCUT2D eigenvalue weighted by molar-refractivity contribution is 9.10. The van der Waals surface area contributed by atoms with Crippen LogP contribution in [0.1, 0.15) is 32.6 Å². The summed E-state index contributed by atoms with van der Waals surface area (Å²) in [6.07, 6.45) is 0. The average molecular weight is 323 g/mol. The molecule has 1 N–H and O–H groups in total. The highest BCUT2D eigenvalue weighted by Crippen LogP contribution is 2.62. The Balaban J connectivity index is 1.95. The molecule has 1 aliphatic rings. The normalized spacial score (nSPS) is 22.4. The zero-order valence-corrected chi connectivity index (χ0v) is 13.2. The minimum atomic E-state index is 0.394. The Morgan fingerprint density at radius 2 is 1.94 bits per heavy atom. The van der Waals surface area contributed by atoms with Crippen LogP contribution in [-0.2, 0) is 6.54 Å². The van der Waals surface area contributed by atoms with Crippen molar-refractivity contribution in [3.05, 3.63) is 19.8 Å². The molecular formula is C12H17BrClNS. The fraction of sp³-hybridized carbons (Fsp3) is 0.667. The van der Waals surface area contributed by atoms with Gasteiger partial charge >= 0.3 is 0 Å². The van der Waals surface area contributed by atoms with Gasteiger partial charge in [0, 0.05) is 21.9 Å². The summed E-state index contributed by atoms with van der Waals surface area (Å²) >= 11 is 11.1. The summed E-state index contributed by atoms with van der Waals surface area (Å²) in [6, 6.07) is 2.70. The molecule has 16 heavy (non-hydrogen) atoms. The zero-order chi connectivity index (χ0) is 12.1. The summed E-state index contributed by atoms with van der Waals surface area (Å²) in [7, 11) is 0. The highest BCUT2D eigenvalue weighted by atomic mass is 79.9. The summed E-state index contributed by atoms with van der Waals surface area (Å²) < 4.78 is 1.84. The first kappa shape index (κ1) is 12.9. The number of hydrogen-bond acceptors (Lipinski definition) is 2. The fourth-order valence-corrected chi connectivity index (χ4v) is 4.13. The molecule has 0 spiro atoms. The zero-order valence-electron chi connectivity index (χ0n) is 10.0. The van der Waals surface area contributed by atoms with Crippen LogP contribution in [0, 0.1) is 10.8 Å². The van der Waals surface area contributed by atoms with Crippen molar-refractivity contribution < 1.29 is 0 Å². The average Bonchev–Trinajstić information content (AvgIpc) is 2.39. The third-order valence-corrected chi connectivity index (χ3v) is 6.67. The van der Waals surface area contributed by atoms with Crippen LogP contribution in [0.25, 0.3) is 0 Å². The molecule has 1 heterocycles. The first-order valence-corrected chi connectivity index (χ1v) is 7.42. The van der Waals surface area contributed by atoms with E-state index in [1.165, 1.54) is 4.88 Å². The number of hydrogen-bond donors (Lipinski definition) is 1. The molecule has 0 atom stereocenters. The second-order valence-electron chi connectivity index (χ2n) is 5.59. The van der Waals surface area contributed by atoms with Crippen LogP contribution in [0.15, 0.2) is 10.5 Å². The molecule has 1 aromatic rings. The predicted molar refractivity (Wildman–Crippen MR) is 75.2 cm³/mol. The van der Waals surface area contributed by atoms with E-state index in [1.54, 1.807) is 11.3 Å². The van der Waals surface area contributed by atoms with E-state index in [2.05, 4.69) is 55.0 Å². The van der Waals surface area contributed by atoms with Gasteiger partial charge in [-0.3, -0.25) is 0 Å². The van der Waals surface area contributed by atoms with Crippen LogP contribution in [0.3, 0.4) is 0 Å². The van der Waals surface area contributed by atoms with E-state index >= 15 is 0 Å². The molecule has 0 amide bonds. The predicted octanol–water partition coefficient (Wildman–Crippen LogP) is 4.69. The molecule has 1 fully saturated rings. The summed E-state index contributed by atoms with van der Waals surface area (Å²) in [5.74, 6) is 0. The maximum absolute atomic E-state index is 6.02. The van der Waals surface area contributed by atoms with Crippen molar-refractivity contribution >= 4 is 38.9 Å². The SMILES string of the molecule is CC1(C)C(NCc2cc(Br)c(Cl)s2)C1(C)C. The van der Waals surface area contributed by atoms with E-state index in [1.807, 2.05) is 0 Å². The lowest BCUT2D eigenvalue weighted by atomic mass is 10.0. The lowest BCUT2D eigenvalue weighted by molar-refractivity contribution is 0.457. The Morgan fingerprint density at radius 3 is 2.31 bits per heavy atom. The van der Waals surface area contributed by atoms with Crippen molar-refractivity contribution in [3.63, 3.8) is 0 Å². The molecule has 0 bridgehead atoms. The third-order valence-electron chi connectivity index (χ3n) is 4.20. The van der Waals surface area contributed by atoms with Gasteiger partial charge in [-0.15, -0.1) is 11.3 Å². The van der Waals surface area contributed by atoms with Crippen molar-refractivity contribution in [2.75, 3.05) is 0 Å². The van der Waals surface area contributed by atoms with Gasteiger partial charge in [0.15, 0.2) is 0 Å². The summed E-state index contributed by atoms with van der Waals surface area (Å²) in [6.45, 7) is 10.2. The van der Waals surface area contributed by atoms with Gasteiger partial charge < -0.3 is 5.32 Å². The van der Waals surface area contributed by atoms with E-state index in [-0.39, 0.29) is 0 Å². The number of halogens is 2. The molecule has 1 aromatic heterocycles. The topological polar surface area (TPSA) is 12.0 Å². The highest BCUT2D eigenvalue weighted by Gasteiger charge is 2.64. The standard InChI is InChI=1S/C12H17BrClNS/c1-11(2)10(12(11,3)4)15-6-7-5-8(13)9(14)16-7/h5,10,15H,6H2,1-4H3. The van der Waals surface area contributed by atoms with E-state index in [0.29, 0.717) is 16.9 Å². The first-order valence-electron chi connectivity index (χ1n) is 5.44. The molecule has 2 rings (SSSR count). The maximum Gasteiger partial charge on any atom is 0.107 e. The van der Waals surface area contributed by atoms with Crippen LogP contribution in [0.4, 0.5) is 0 Å². The van der Waals surface area contributed by atoms with Gasteiger partial charge in [-0.1, -0.05) is 39.3 Å². The Labute approximate surface area is 115 Å². The Morgan fingerprint density at radius 1 is 1.38 bits per heavy atom. The van der Waals surface area contributed by atoms with E-state index < -0.39 is 0 Å². The molecule has 0 unspecified atom stereocenters. The molecule has 90 valence electrons. The molecule has 1 saturated carbocycles. The van der Waals surface area contributed by atoms with E-state index in [4.69, 9.17) is 11.6 Å². The van der Waals surface area contributed by atoms with Crippen LogP contribution < -0.4 is 5.32 Å². The van der Waals surface area contributed by atoms with Gasteiger partial charge in [-0.2, -0.15) is 0 Å². The number of thiophene rings is 1. The lowest BCUT2D eigenvalue weighted by Gasteiger charge is -2.03. The fourth-order valence-electron chi connectivity index (χ4n) is 2.39. The van der Waals surface area contributed by atoms with Gasteiger partial charge in [0.25, 0.3) is 0 Å². The van der Waals surface area contributed by atoms with Crippen LogP contribution >= 0.6 is 38.9 Å². The van der Waals surface area contributed by atoms with Crippen molar-refractivity contribution in [1.82, 2.24) is 5.32 Å². The second-order valence-corrected chi connectivity index (χ2v) is 8.18. The molecule has 0 saturated heterocycles. The largest absolute Gasteiger partial charge is 0.308 e. The second kappa shape index (κ2) is 3.98. The third kappa shape index (κ3) is 1.96. The smallest absolute Gasteiger partial charge is 0.107 e. The Bertz CT molecular complexity index is 378. The van der Waals surface area contributed by atoms with Gasteiger partial charge in [0.2, 0.25) is 0 Å².